The summed E-state index contributed by atoms with van der Waals surface area (Å²) < 4.78 is 28.8. The minimum Gasteiger partial charge on any atom is -0.417 e. The normalized spacial score (nSPS) is 14.4. The van der Waals surface area contributed by atoms with Crippen molar-refractivity contribution in [3.05, 3.63) is 89.4 Å². The summed E-state index contributed by atoms with van der Waals surface area (Å²) >= 11 is 0. The van der Waals surface area contributed by atoms with Gasteiger partial charge in [-0.25, -0.2) is 9.83 Å². The van der Waals surface area contributed by atoms with Crippen LogP contribution in [0.2, 0.25) is 0 Å². The number of nitrogens with one attached hydrogen (secondary N) is 1. The van der Waals surface area contributed by atoms with Crippen molar-refractivity contribution in [2.24, 2.45) is 0 Å². The second kappa shape index (κ2) is 8.52. The Morgan fingerprint density at radius 2 is 1.71 bits per heavy atom. The smallest absolute Gasteiger partial charge is 0.388 e. The SMILES string of the molecule is [C-]#[N+]c1ccc(C(=O)NC2(c3ccc(-c4ccc(OC(F)F)nc4)cc3)CCC2)cc1. The van der Waals surface area contributed by atoms with Gasteiger partial charge in [-0.05, 0) is 36.5 Å². The highest BCUT2D eigenvalue weighted by Crippen LogP contribution is 2.42. The van der Waals surface area contributed by atoms with Crippen molar-refractivity contribution in [1.82, 2.24) is 10.3 Å². The Kier molecular flexibility index (Phi) is 5.63. The number of ether oxygens (including phenoxy) is 1. The van der Waals surface area contributed by atoms with Gasteiger partial charge in [0.1, 0.15) is 0 Å². The molecule has 1 saturated carbocycles. The lowest BCUT2D eigenvalue weighted by Gasteiger charge is -2.43. The van der Waals surface area contributed by atoms with E-state index < -0.39 is 12.2 Å². The van der Waals surface area contributed by atoms with Gasteiger partial charge in [0.2, 0.25) is 5.88 Å². The first-order valence-electron chi connectivity index (χ1n) is 9.81. The molecule has 31 heavy (non-hydrogen) atoms. The van der Waals surface area contributed by atoms with Crippen LogP contribution in [0.3, 0.4) is 0 Å². The van der Waals surface area contributed by atoms with Gasteiger partial charge >= 0.3 is 6.61 Å². The van der Waals surface area contributed by atoms with E-state index in [0.29, 0.717) is 11.3 Å². The van der Waals surface area contributed by atoms with Gasteiger partial charge in [0.05, 0.1) is 12.1 Å². The summed E-state index contributed by atoms with van der Waals surface area (Å²) in [5, 5.41) is 3.17. The van der Waals surface area contributed by atoms with Crippen molar-refractivity contribution in [2.45, 2.75) is 31.4 Å². The fraction of sp³-hybridized carbons (Fsp3) is 0.208. The maximum atomic E-state index is 12.8. The molecule has 1 aromatic heterocycles. The number of carbonyl (C=O) groups excluding carboxylic acids is 1. The summed E-state index contributed by atoms with van der Waals surface area (Å²) in [4.78, 5) is 20.0. The Balaban J connectivity index is 1.50. The predicted octanol–water partition coefficient (Wildman–Crippen LogP) is 5.71. The van der Waals surface area contributed by atoms with Gasteiger partial charge in [-0.2, -0.15) is 8.78 Å². The van der Waals surface area contributed by atoms with Crippen LogP contribution in [0.15, 0.2) is 66.9 Å². The van der Waals surface area contributed by atoms with Gasteiger partial charge in [-0.15, -0.1) is 0 Å². The Morgan fingerprint density at radius 1 is 1.03 bits per heavy atom. The van der Waals surface area contributed by atoms with E-state index in [1.807, 2.05) is 24.3 Å². The Morgan fingerprint density at radius 3 is 2.23 bits per heavy atom. The monoisotopic (exact) mass is 419 g/mol. The molecular weight excluding hydrogens is 400 g/mol. The third-order valence-electron chi connectivity index (χ3n) is 5.54. The molecule has 0 saturated heterocycles. The van der Waals surface area contributed by atoms with E-state index in [1.54, 1.807) is 30.3 Å². The molecular formula is C24H19F2N3O2. The molecule has 1 N–H and O–H groups in total. The zero-order valence-corrected chi connectivity index (χ0v) is 16.5. The number of hydrogen-bond acceptors (Lipinski definition) is 3. The van der Waals surface area contributed by atoms with Crippen LogP contribution in [-0.4, -0.2) is 17.5 Å². The minimum absolute atomic E-state index is 0.129. The third-order valence-corrected chi connectivity index (χ3v) is 5.54. The zero-order valence-electron chi connectivity index (χ0n) is 16.5. The Hall–Kier alpha value is -3.79. The van der Waals surface area contributed by atoms with Gasteiger partial charge in [-0.1, -0.05) is 48.5 Å². The molecule has 0 aliphatic heterocycles. The number of carbonyl (C=O) groups is 1. The fourth-order valence-electron chi connectivity index (χ4n) is 3.69. The second-order valence-corrected chi connectivity index (χ2v) is 7.39. The molecule has 0 atom stereocenters. The first-order chi connectivity index (χ1) is 15.0. The zero-order chi connectivity index (χ0) is 21.8. The van der Waals surface area contributed by atoms with Gasteiger partial charge < -0.3 is 10.1 Å². The Labute approximate surface area is 178 Å². The fourth-order valence-corrected chi connectivity index (χ4v) is 3.69. The molecule has 5 nitrogen and oxygen atoms in total. The van der Waals surface area contributed by atoms with E-state index in [4.69, 9.17) is 6.57 Å². The molecule has 7 heteroatoms. The molecule has 1 aliphatic carbocycles. The number of hydrogen-bond donors (Lipinski definition) is 1. The van der Waals surface area contributed by atoms with E-state index in [0.717, 1.165) is 36.0 Å². The van der Waals surface area contributed by atoms with Crippen molar-refractivity contribution >= 4 is 11.6 Å². The van der Waals surface area contributed by atoms with Crippen LogP contribution in [0.5, 0.6) is 5.88 Å². The maximum Gasteiger partial charge on any atom is 0.388 e. The highest BCUT2D eigenvalue weighted by molar-refractivity contribution is 5.95. The quantitative estimate of drug-likeness (QED) is 0.521. The van der Waals surface area contributed by atoms with Gasteiger partial charge in [0, 0.05) is 23.4 Å². The standard InChI is InChI=1S/C24H19F2N3O2/c1-27-20-10-5-17(6-11-20)22(30)29-24(13-2-14-24)19-8-3-16(4-9-19)18-7-12-21(28-15-18)31-23(25)26/h3-12,15,23H,2,13-14H2,(H,29,30). The lowest BCUT2D eigenvalue weighted by molar-refractivity contribution is -0.0528. The summed E-state index contributed by atoms with van der Waals surface area (Å²) in [6.45, 7) is 4.11. The maximum absolute atomic E-state index is 12.8. The van der Waals surface area contributed by atoms with Crippen LogP contribution < -0.4 is 10.1 Å². The molecule has 0 unspecified atom stereocenters. The number of pyridine rings is 1. The number of nitrogens with zero attached hydrogens (tertiary/aromatic N) is 2. The first-order valence-corrected chi connectivity index (χ1v) is 9.81. The van der Waals surface area contributed by atoms with E-state index in [1.165, 1.54) is 12.3 Å². The molecule has 1 aliphatic rings. The van der Waals surface area contributed by atoms with Crippen LogP contribution in [0.4, 0.5) is 14.5 Å². The first kappa shape index (κ1) is 20.5. The molecule has 1 heterocycles. The van der Waals surface area contributed by atoms with E-state index in [9.17, 15) is 13.6 Å². The van der Waals surface area contributed by atoms with Crippen LogP contribution in [-0.2, 0) is 5.54 Å². The van der Waals surface area contributed by atoms with Crippen molar-refractivity contribution in [3.8, 4) is 17.0 Å². The number of rotatable bonds is 6. The number of aromatic nitrogens is 1. The molecule has 3 aromatic rings. The van der Waals surface area contributed by atoms with Gasteiger partial charge in [-0.3, -0.25) is 4.79 Å². The van der Waals surface area contributed by atoms with Crippen molar-refractivity contribution < 1.29 is 18.3 Å². The molecule has 1 amide bonds. The number of alkyl halides is 2. The molecule has 4 rings (SSSR count). The summed E-state index contributed by atoms with van der Waals surface area (Å²) in [5.41, 5.74) is 3.28. The topological polar surface area (TPSA) is 55.6 Å². The van der Waals surface area contributed by atoms with E-state index >= 15 is 0 Å². The Bertz CT molecular complexity index is 1100. The lowest BCUT2D eigenvalue weighted by atomic mass is 9.71. The van der Waals surface area contributed by atoms with E-state index in [2.05, 4.69) is 19.9 Å². The van der Waals surface area contributed by atoms with Gasteiger partial charge in [0.25, 0.3) is 5.91 Å². The number of amides is 1. The third kappa shape index (κ3) is 4.38. The van der Waals surface area contributed by atoms with Crippen molar-refractivity contribution in [1.29, 1.82) is 0 Å². The van der Waals surface area contributed by atoms with Gasteiger partial charge in [0.15, 0.2) is 5.69 Å². The number of halogens is 2. The summed E-state index contributed by atoms with van der Waals surface area (Å²) in [6, 6.07) is 17.5. The largest absolute Gasteiger partial charge is 0.417 e. The van der Waals surface area contributed by atoms with Crippen molar-refractivity contribution in [3.63, 3.8) is 0 Å². The average Bonchev–Trinajstić information content (AvgIpc) is 2.76. The summed E-state index contributed by atoms with van der Waals surface area (Å²) in [5.74, 6) is -0.296. The van der Waals surface area contributed by atoms with Crippen LogP contribution in [0.25, 0.3) is 16.0 Å². The summed E-state index contributed by atoms with van der Waals surface area (Å²) in [6.07, 6.45) is 4.20. The molecule has 0 bridgehead atoms. The van der Waals surface area contributed by atoms with Crippen molar-refractivity contribution in [2.75, 3.05) is 0 Å². The van der Waals surface area contributed by atoms with Crippen LogP contribution in [0.1, 0.15) is 35.2 Å². The lowest BCUT2D eigenvalue weighted by Crippen LogP contribution is -2.50. The second-order valence-electron chi connectivity index (χ2n) is 7.39. The van der Waals surface area contributed by atoms with Crippen LogP contribution in [0, 0.1) is 6.57 Å². The molecule has 0 radical (unpaired) electrons. The highest BCUT2D eigenvalue weighted by atomic mass is 19.3. The minimum atomic E-state index is -2.91. The highest BCUT2D eigenvalue weighted by Gasteiger charge is 2.40. The van der Waals surface area contributed by atoms with Crippen LogP contribution >= 0.6 is 0 Å². The molecule has 0 spiro atoms. The predicted molar refractivity (Wildman–Crippen MR) is 112 cm³/mol. The average molecular weight is 419 g/mol. The summed E-state index contributed by atoms with van der Waals surface area (Å²) in [7, 11) is 0. The molecule has 156 valence electrons. The molecule has 2 aromatic carbocycles. The number of benzene rings is 2. The molecule has 1 fully saturated rings. The van der Waals surface area contributed by atoms with E-state index in [-0.39, 0.29) is 11.8 Å².